The molecule has 13 heavy (non-hydrogen) atoms. The summed E-state index contributed by atoms with van der Waals surface area (Å²) in [5, 5.41) is 7.76. The lowest BCUT2D eigenvalue weighted by molar-refractivity contribution is 0.343. The van der Waals surface area contributed by atoms with Gasteiger partial charge in [-0.15, -0.1) is 18.9 Å². The van der Waals surface area contributed by atoms with Crippen molar-refractivity contribution in [3.05, 3.63) is 48.6 Å². The third kappa shape index (κ3) is 6.86. The fourth-order valence-corrected chi connectivity index (χ4v) is 0.714. The molecule has 1 aromatic carbocycles. The molecule has 0 aliphatic heterocycles. The van der Waals surface area contributed by atoms with Crippen molar-refractivity contribution in [2.45, 2.75) is 6.42 Å². The highest BCUT2D eigenvalue weighted by Gasteiger charge is 1.82. The predicted molar refractivity (Wildman–Crippen MR) is 56.3 cm³/mol. The molecule has 1 nitrogen and oxygen atoms in total. The van der Waals surface area contributed by atoms with Crippen LogP contribution in [0.15, 0.2) is 43.0 Å². The molecule has 0 amide bonds. The maximum atomic E-state index is 7.76. The first-order valence-electron chi connectivity index (χ1n) is 4.04. The van der Waals surface area contributed by atoms with Gasteiger partial charge in [-0.2, -0.15) is 0 Å². The second-order valence-electron chi connectivity index (χ2n) is 2.34. The molecule has 0 spiro atoms. The number of aliphatic hydroxyl groups is 1. The maximum absolute atomic E-state index is 7.76. The molecule has 1 heteroatoms. The van der Waals surface area contributed by atoms with Crippen molar-refractivity contribution in [1.29, 1.82) is 0 Å². The molecule has 0 fully saturated rings. The number of rotatable bonds is 2. The Balaban J connectivity index is 0.000000310. The molecule has 0 unspecified atom stereocenters. The first-order valence-corrected chi connectivity index (χ1v) is 4.04. The van der Waals surface area contributed by atoms with Crippen LogP contribution in [-0.4, -0.2) is 11.7 Å². The Bertz CT molecular complexity index is 256. The average molecular weight is 174 g/mol. The summed E-state index contributed by atoms with van der Waals surface area (Å²) in [5.74, 6) is 2.58. The SMILES string of the molecule is C#CCc1ccccc1.C=CCO. The molecular weight excluding hydrogens is 160 g/mol. The summed E-state index contributed by atoms with van der Waals surface area (Å²) in [6.07, 6.45) is 7.28. The van der Waals surface area contributed by atoms with Crippen LogP contribution in [0.4, 0.5) is 0 Å². The lowest BCUT2D eigenvalue weighted by Gasteiger charge is -1.89. The second kappa shape index (κ2) is 8.58. The molecule has 0 atom stereocenters. The highest BCUT2D eigenvalue weighted by atomic mass is 16.2. The number of aliphatic hydroxyl groups excluding tert-OH is 1. The standard InChI is InChI=1S/C9H8.C3H6O/c1-2-6-9-7-4-3-5-8-9;1-2-3-4/h1,3-5,7-8H,6H2;2,4H,1,3H2. The molecular formula is C12H14O. The topological polar surface area (TPSA) is 20.2 Å². The molecule has 0 radical (unpaired) electrons. The van der Waals surface area contributed by atoms with Gasteiger partial charge in [0.15, 0.2) is 0 Å². The molecule has 0 aliphatic rings. The fraction of sp³-hybridized carbons (Fsp3) is 0.167. The predicted octanol–water partition coefficient (Wildman–Crippen LogP) is 2.03. The maximum Gasteiger partial charge on any atom is 0.0609 e. The Labute approximate surface area is 79.7 Å². The third-order valence-electron chi connectivity index (χ3n) is 1.28. The van der Waals surface area contributed by atoms with Crippen LogP contribution in [0.5, 0.6) is 0 Å². The van der Waals surface area contributed by atoms with E-state index >= 15 is 0 Å². The molecule has 0 aliphatic carbocycles. The van der Waals surface area contributed by atoms with Crippen LogP contribution in [0.2, 0.25) is 0 Å². The van der Waals surface area contributed by atoms with Gasteiger partial charge < -0.3 is 5.11 Å². The van der Waals surface area contributed by atoms with Crippen molar-refractivity contribution in [3.63, 3.8) is 0 Å². The van der Waals surface area contributed by atoms with E-state index in [1.807, 2.05) is 30.3 Å². The van der Waals surface area contributed by atoms with Crippen LogP contribution in [0.1, 0.15) is 5.56 Å². The largest absolute Gasteiger partial charge is 0.392 e. The summed E-state index contributed by atoms with van der Waals surface area (Å²) in [5.41, 5.74) is 1.21. The van der Waals surface area contributed by atoms with Gasteiger partial charge in [0.05, 0.1) is 6.61 Å². The minimum Gasteiger partial charge on any atom is -0.392 e. The Kier molecular flexibility index (Phi) is 7.57. The van der Waals surface area contributed by atoms with E-state index in [0.717, 1.165) is 6.42 Å². The minimum absolute atomic E-state index is 0.0833. The number of hydrogen-bond donors (Lipinski definition) is 1. The van der Waals surface area contributed by atoms with E-state index in [0.29, 0.717) is 0 Å². The van der Waals surface area contributed by atoms with Crippen molar-refractivity contribution >= 4 is 0 Å². The van der Waals surface area contributed by atoms with Gasteiger partial charge in [0, 0.05) is 6.42 Å². The normalized spacial score (nSPS) is 7.69. The van der Waals surface area contributed by atoms with Gasteiger partial charge >= 0.3 is 0 Å². The van der Waals surface area contributed by atoms with Crippen LogP contribution >= 0.6 is 0 Å². The lowest BCUT2D eigenvalue weighted by Crippen LogP contribution is -1.76. The van der Waals surface area contributed by atoms with Crippen LogP contribution in [0.3, 0.4) is 0 Å². The van der Waals surface area contributed by atoms with Crippen LogP contribution in [0, 0.1) is 12.3 Å². The molecule has 68 valence electrons. The number of terminal acetylenes is 1. The highest BCUT2D eigenvalue weighted by molar-refractivity contribution is 5.18. The summed E-state index contributed by atoms with van der Waals surface area (Å²) >= 11 is 0. The highest BCUT2D eigenvalue weighted by Crippen LogP contribution is 1.96. The smallest absolute Gasteiger partial charge is 0.0609 e. The van der Waals surface area contributed by atoms with E-state index in [1.54, 1.807) is 0 Å². The van der Waals surface area contributed by atoms with E-state index in [-0.39, 0.29) is 6.61 Å². The van der Waals surface area contributed by atoms with Crippen LogP contribution in [-0.2, 0) is 6.42 Å². The first kappa shape index (κ1) is 11.5. The van der Waals surface area contributed by atoms with Crippen molar-refractivity contribution in [1.82, 2.24) is 0 Å². The van der Waals surface area contributed by atoms with Crippen LogP contribution in [0.25, 0.3) is 0 Å². The van der Waals surface area contributed by atoms with Gasteiger partial charge in [-0.05, 0) is 5.56 Å². The van der Waals surface area contributed by atoms with Gasteiger partial charge in [0.1, 0.15) is 0 Å². The fourth-order valence-electron chi connectivity index (χ4n) is 0.714. The zero-order valence-corrected chi connectivity index (χ0v) is 7.61. The molecule has 0 heterocycles. The van der Waals surface area contributed by atoms with Crippen molar-refractivity contribution < 1.29 is 5.11 Å². The quantitative estimate of drug-likeness (QED) is 0.537. The number of benzene rings is 1. The molecule has 1 rings (SSSR count). The summed E-state index contributed by atoms with van der Waals surface area (Å²) < 4.78 is 0. The Morgan fingerprint density at radius 3 is 2.31 bits per heavy atom. The van der Waals surface area contributed by atoms with Gasteiger partial charge in [0.25, 0.3) is 0 Å². The summed E-state index contributed by atoms with van der Waals surface area (Å²) in [6.45, 7) is 3.31. The van der Waals surface area contributed by atoms with Crippen molar-refractivity contribution in [3.8, 4) is 12.3 Å². The lowest BCUT2D eigenvalue weighted by atomic mass is 10.2. The zero-order valence-electron chi connectivity index (χ0n) is 7.61. The summed E-state index contributed by atoms with van der Waals surface area (Å²) in [6, 6.07) is 10.0. The molecule has 0 bridgehead atoms. The van der Waals surface area contributed by atoms with Gasteiger partial charge in [-0.25, -0.2) is 0 Å². The van der Waals surface area contributed by atoms with E-state index < -0.39 is 0 Å². The van der Waals surface area contributed by atoms with E-state index in [9.17, 15) is 0 Å². The van der Waals surface area contributed by atoms with E-state index in [4.69, 9.17) is 11.5 Å². The number of hydrogen-bond acceptors (Lipinski definition) is 1. The monoisotopic (exact) mass is 174 g/mol. The molecule has 1 N–H and O–H groups in total. The van der Waals surface area contributed by atoms with Gasteiger partial charge in [-0.1, -0.05) is 36.4 Å². The van der Waals surface area contributed by atoms with Crippen LogP contribution < -0.4 is 0 Å². The summed E-state index contributed by atoms with van der Waals surface area (Å²) in [4.78, 5) is 0. The second-order valence-corrected chi connectivity index (χ2v) is 2.34. The van der Waals surface area contributed by atoms with Gasteiger partial charge in [0.2, 0.25) is 0 Å². The zero-order chi connectivity index (χ0) is 9.94. The molecule has 0 saturated heterocycles. The van der Waals surface area contributed by atoms with E-state index in [1.165, 1.54) is 11.6 Å². The molecule has 1 aromatic rings. The Morgan fingerprint density at radius 1 is 1.38 bits per heavy atom. The first-order chi connectivity index (χ1) is 6.35. The molecule has 0 aromatic heterocycles. The minimum atomic E-state index is 0.0833. The molecule has 0 saturated carbocycles. The average Bonchev–Trinajstić information content (AvgIpc) is 2.20. The Hall–Kier alpha value is -1.52. The Morgan fingerprint density at radius 2 is 1.92 bits per heavy atom. The van der Waals surface area contributed by atoms with Crippen molar-refractivity contribution in [2.24, 2.45) is 0 Å². The third-order valence-corrected chi connectivity index (χ3v) is 1.28. The van der Waals surface area contributed by atoms with E-state index in [2.05, 4.69) is 12.5 Å². The van der Waals surface area contributed by atoms with Gasteiger partial charge in [-0.3, -0.25) is 0 Å². The summed E-state index contributed by atoms with van der Waals surface area (Å²) in [7, 11) is 0. The van der Waals surface area contributed by atoms with Crippen molar-refractivity contribution in [2.75, 3.05) is 6.61 Å².